The van der Waals surface area contributed by atoms with Gasteiger partial charge in [-0.3, -0.25) is 9.59 Å². The number of carbonyl (C=O) groups excluding carboxylic acids is 2. The van der Waals surface area contributed by atoms with E-state index in [1.54, 1.807) is 0 Å². The Morgan fingerprint density at radius 1 is 0.750 bits per heavy atom. The Labute approximate surface area is 166 Å². The van der Waals surface area contributed by atoms with Gasteiger partial charge in [-0.15, -0.1) is 0 Å². The number of carbonyl (C=O) groups is 2. The molecule has 0 saturated heterocycles. The second kappa shape index (κ2) is 8.66. The fraction of sp³-hybridized carbons (Fsp3) is 0.200. The fourth-order valence-corrected chi connectivity index (χ4v) is 3.31. The van der Waals surface area contributed by atoms with Crippen LogP contribution in [0.25, 0.3) is 0 Å². The zero-order chi connectivity index (χ0) is 20.1. The molecule has 3 nitrogen and oxygen atoms in total. The van der Waals surface area contributed by atoms with E-state index in [0.29, 0.717) is 5.56 Å². The van der Waals surface area contributed by atoms with Gasteiger partial charge in [0.1, 0.15) is 5.92 Å². The van der Waals surface area contributed by atoms with E-state index in [4.69, 9.17) is 4.74 Å². The summed E-state index contributed by atoms with van der Waals surface area (Å²) in [5.74, 6) is -1.17. The first-order chi connectivity index (χ1) is 13.5. The molecule has 0 aliphatic rings. The standard InChI is InChI=1S/C25H24O3/c1-17-14-19(3)22(15-18(17)2)23(26)16-28-25(27)24(20-10-6-4-7-11-20)21-12-8-5-9-13-21/h4-15,24H,16H2,1-3H3. The van der Waals surface area contributed by atoms with Gasteiger partial charge >= 0.3 is 5.97 Å². The number of Topliss-reactive ketones (excluding diaryl/α,β-unsaturated/α-hetero) is 1. The molecule has 0 aliphatic heterocycles. The summed E-state index contributed by atoms with van der Waals surface area (Å²) in [7, 11) is 0. The molecular weight excluding hydrogens is 348 g/mol. The van der Waals surface area contributed by atoms with E-state index in [1.165, 1.54) is 0 Å². The van der Waals surface area contributed by atoms with Gasteiger partial charge in [0.15, 0.2) is 6.61 Å². The predicted molar refractivity (Wildman–Crippen MR) is 111 cm³/mol. The van der Waals surface area contributed by atoms with Crippen LogP contribution in [-0.2, 0) is 9.53 Å². The highest BCUT2D eigenvalue weighted by Crippen LogP contribution is 2.26. The summed E-state index contributed by atoms with van der Waals surface area (Å²) in [5.41, 5.74) is 5.37. The summed E-state index contributed by atoms with van der Waals surface area (Å²) >= 11 is 0. The highest BCUT2D eigenvalue weighted by Gasteiger charge is 2.25. The van der Waals surface area contributed by atoms with E-state index < -0.39 is 11.9 Å². The molecule has 3 aromatic carbocycles. The highest BCUT2D eigenvalue weighted by atomic mass is 16.5. The number of benzene rings is 3. The molecule has 0 heterocycles. The minimum absolute atomic E-state index is 0.186. The van der Waals surface area contributed by atoms with E-state index in [9.17, 15) is 9.59 Å². The highest BCUT2D eigenvalue weighted by molar-refractivity contribution is 5.99. The van der Waals surface area contributed by atoms with Crippen LogP contribution >= 0.6 is 0 Å². The lowest BCUT2D eigenvalue weighted by Gasteiger charge is -2.17. The average Bonchev–Trinajstić information content (AvgIpc) is 2.71. The summed E-state index contributed by atoms with van der Waals surface area (Å²) in [6.45, 7) is 5.62. The molecule has 0 aliphatic carbocycles. The van der Waals surface area contributed by atoms with Gasteiger partial charge in [0.2, 0.25) is 5.78 Å². The Morgan fingerprint density at radius 3 is 1.79 bits per heavy atom. The lowest BCUT2D eigenvalue weighted by Crippen LogP contribution is -2.21. The molecule has 0 atom stereocenters. The number of hydrogen-bond acceptors (Lipinski definition) is 3. The number of rotatable bonds is 6. The molecule has 0 saturated carbocycles. The third kappa shape index (κ3) is 4.37. The number of ketones is 1. The van der Waals surface area contributed by atoms with Gasteiger partial charge in [-0.25, -0.2) is 0 Å². The van der Waals surface area contributed by atoms with E-state index in [-0.39, 0.29) is 12.4 Å². The SMILES string of the molecule is Cc1cc(C)c(C(=O)COC(=O)C(c2ccccc2)c2ccccc2)cc1C. The zero-order valence-electron chi connectivity index (χ0n) is 16.4. The molecule has 0 radical (unpaired) electrons. The predicted octanol–water partition coefficient (Wildman–Crippen LogP) is 5.17. The zero-order valence-corrected chi connectivity index (χ0v) is 16.4. The van der Waals surface area contributed by atoms with Crippen molar-refractivity contribution >= 4 is 11.8 Å². The van der Waals surface area contributed by atoms with Crippen molar-refractivity contribution < 1.29 is 14.3 Å². The van der Waals surface area contributed by atoms with Crippen LogP contribution in [0.15, 0.2) is 72.8 Å². The Hall–Kier alpha value is -3.20. The lowest BCUT2D eigenvalue weighted by atomic mass is 9.91. The topological polar surface area (TPSA) is 43.4 Å². The van der Waals surface area contributed by atoms with Crippen LogP contribution in [0.2, 0.25) is 0 Å². The van der Waals surface area contributed by atoms with Crippen molar-refractivity contribution in [1.29, 1.82) is 0 Å². The van der Waals surface area contributed by atoms with E-state index in [1.807, 2.05) is 93.6 Å². The van der Waals surface area contributed by atoms with Crippen LogP contribution in [0.3, 0.4) is 0 Å². The minimum atomic E-state index is -0.559. The second-order valence-corrected chi connectivity index (χ2v) is 7.04. The first kappa shape index (κ1) is 19.6. The Kier molecular flexibility index (Phi) is 6.05. The molecule has 0 aromatic heterocycles. The van der Waals surface area contributed by atoms with Gasteiger partial charge in [-0.05, 0) is 54.7 Å². The van der Waals surface area contributed by atoms with E-state index >= 15 is 0 Å². The summed E-state index contributed by atoms with van der Waals surface area (Å²) in [5, 5.41) is 0. The molecule has 28 heavy (non-hydrogen) atoms. The maximum atomic E-state index is 12.9. The average molecular weight is 372 g/mol. The molecule has 0 bridgehead atoms. The molecule has 0 amide bonds. The molecular formula is C25H24O3. The van der Waals surface area contributed by atoms with E-state index in [2.05, 4.69) is 0 Å². The van der Waals surface area contributed by atoms with Crippen molar-refractivity contribution in [1.82, 2.24) is 0 Å². The van der Waals surface area contributed by atoms with E-state index in [0.717, 1.165) is 27.8 Å². The molecule has 0 fully saturated rings. The normalized spacial score (nSPS) is 10.7. The van der Waals surface area contributed by atoms with Crippen LogP contribution in [0.5, 0.6) is 0 Å². The van der Waals surface area contributed by atoms with Crippen molar-refractivity contribution in [3.8, 4) is 0 Å². The maximum Gasteiger partial charge on any atom is 0.318 e. The first-order valence-corrected chi connectivity index (χ1v) is 9.35. The number of ether oxygens (including phenoxy) is 1. The van der Waals surface area contributed by atoms with Crippen molar-refractivity contribution in [3.05, 3.63) is 106 Å². The van der Waals surface area contributed by atoms with Crippen molar-refractivity contribution in [2.75, 3.05) is 6.61 Å². The molecule has 142 valence electrons. The van der Waals surface area contributed by atoms with Crippen LogP contribution in [0.1, 0.15) is 44.1 Å². The number of esters is 1. The third-order valence-electron chi connectivity index (χ3n) is 4.99. The lowest BCUT2D eigenvalue weighted by molar-refractivity contribution is -0.143. The minimum Gasteiger partial charge on any atom is -0.457 e. The van der Waals surface area contributed by atoms with Crippen LogP contribution in [0, 0.1) is 20.8 Å². The first-order valence-electron chi connectivity index (χ1n) is 9.35. The number of aryl methyl sites for hydroxylation is 3. The Morgan fingerprint density at radius 2 is 1.25 bits per heavy atom. The van der Waals surface area contributed by atoms with Crippen LogP contribution in [0.4, 0.5) is 0 Å². The van der Waals surface area contributed by atoms with Crippen LogP contribution < -0.4 is 0 Å². The van der Waals surface area contributed by atoms with Crippen molar-refractivity contribution in [2.24, 2.45) is 0 Å². The maximum absolute atomic E-state index is 12.9. The molecule has 0 N–H and O–H groups in total. The molecule has 0 unspecified atom stereocenters. The fourth-order valence-electron chi connectivity index (χ4n) is 3.31. The Balaban J connectivity index is 1.80. The largest absolute Gasteiger partial charge is 0.457 e. The summed E-state index contributed by atoms with van der Waals surface area (Å²) in [6.07, 6.45) is 0. The van der Waals surface area contributed by atoms with Gasteiger partial charge in [0.05, 0.1) is 0 Å². The number of hydrogen-bond donors (Lipinski definition) is 0. The van der Waals surface area contributed by atoms with Crippen LogP contribution in [-0.4, -0.2) is 18.4 Å². The molecule has 3 heteroatoms. The van der Waals surface area contributed by atoms with Gasteiger partial charge in [-0.1, -0.05) is 66.7 Å². The van der Waals surface area contributed by atoms with Gasteiger partial charge < -0.3 is 4.74 Å². The van der Waals surface area contributed by atoms with Crippen molar-refractivity contribution in [3.63, 3.8) is 0 Å². The second-order valence-electron chi connectivity index (χ2n) is 7.04. The molecule has 3 rings (SSSR count). The van der Waals surface area contributed by atoms with Gasteiger partial charge in [-0.2, -0.15) is 0 Å². The smallest absolute Gasteiger partial charge is 0.318 e. The molecule has 3 aromatic rings. The summed E-state index contributed by atoms with van der Waals surface area (Å²) in [6, 6.07) is 22.8. The third-order valence-corrected chi connectivity index (χ3v) is 4.99. The summed E-state index contributed by atoms with van der Waals surface area (Å²) < 4.78 is 5.47. The van der Waals surface area contributed by atoms with Gasteiger partial charge in [0.25, 0.3) is 0 Å². The quantitative estimate of drug-likeness (QED) is 0.443. The van der Waals surface area contributed by atoms with Crippen molar-refractivity contribution in [2.45, 2.75) is 26.7 Å². The Bertz CT molecular complexity index is 936. The van der Waals surface area contributed by atoms with Gasteiger partial charge in [0, 0.05) is 5.56 Å². The summed E-state index contributed by atoms with van der Waals surface area (Å²) in [4.78, 5) is 25.6. The molecule has 0 spiro atoms. The monoisotopic (exact) mass is 372 g/mol.